The van der Waals surface area contributed by atoms with Crippen LogP contribution in [0.3, 0.4) is 0 Å². The van der Waals surface area contributed by atoms with Crippen LogP contribution in [0, 0.1) is 6.92 Å². The van der Waals surface area contributed by atoms with Crippen LogP contribution >= 0.6 is 0 Å². The minimum atomic E-state index is -3.87. The van der Waals surface area contributed by atoms with Crippen molar-refractivity contribution in [3.63, 3.8) is 0 Å². The third-order valence-corrected chi connectivity index (χ3v) is 6.77. The molecule has 0 aliphatic rings. The Labute approximate surface area is 169 Å². The van der Waals surface area contributed by atoms with Crippen molar-refractivity contribution in [1.29, 1.82) is 0 Å². The zero-order valence-corrected chi connectivity index (χ0v) is 16.8. The van der Waals surface area contributed by atoms with E-state index in [1.807, 2.05) is 19.1 Å². The third-order valence-electron chi connectivity index (χ3n) is 5.02. The van der Waals surface area contributed by atoms with Crippen molar-refractivity contribution in [3.8, 4) is 17.0 Å². The first kappa shape index (κ1) is 19.0. The van der Waals surface area contributed by atoms with Crippen LogP contribution in [0.5, 0.6) is 5.75 Å². The van der Waals surface area contributed by atoms with Crippen molar-refractivity contribution in [1.82, 2.24) is 3.97 Å². The maximum absolute atomic E-state index is 13.6. The molecule has 0 aliphatic heterocycles. The van der Waals surface area contributed by atoms with Gasteiger partial charge in [0.05, 0.1) is 23.2 Å². The van der Waals surface area contributed by atoms with E-state index in [-0.39, 0.29) is 4.90 Å². The number of nitrogens with zero attached hydrogens (tertiary/aromatic N) is 1. The Morgan fingerprint density at radius 2 is 1.69 bits per heavy atom. The predicted molar refractivity (Wildman–Crippen MR) is 113 cm³/mol. The Balaban J connectivity index is 2.10. The minimum absolute atomic E-state index is 0.193. The van der Waals surface area contributed by atoms with Crippen LogP contribution in [0.4, 0.5) is 0 Å². The first-order valence-electron chi connectivity index (χ1n) is 9.02. The smallest absolute Gasteiger partial charge is 0.268 e. The highest BCUT2D eigenvalue weighted by Gasteiger charge is 2.25. The Hall–Kier alpha value is -3.38. The third kappa shape index (κ3) is 3.11. The van der Waals surface area contributed by atoms with Crippen LogP contribution in [-0.4, -0.2) is 25.8 Å². The average molecular weight is 405 g/mol. The molecule has 4 rings (SSSR count). The van der Waals surface area contributed by atoms with Crippen LogP contribution in [0.15, 0.2) is 77.7 Å². The number of rotatable bonds is 5. The van der Waals surface area contributed by atoms with E-state index in [1.165, 1.54) is 3.97 Å². The van der Waals surface area contributed by atoms with Gasteiger partial charge in [0.25, 0.3) is 10.0 Å². The van der Waals surface area contributed by atoms with Gasteiger partial charge in [0.2, 0.25) is 0 Å². The Kier molecular flexibility index (Phi) is 4.72. The van der Waals surface area contributed by atoms with Crippen LogP contribution in [-0.2, 0) is 10.0 Å². The standard InChI is InChI=1S/C23H19NO4S/c1-16-17(15-25)7-6-10-21(16)23-14-18-13-19(28-2)11-12-22(18)24(23)29(26,27)20-8-4-3-5-9-20/h3-15H,1-2H3. The molecule has 0 aliphatic carbocycles. The monoisotopic (exact) mass is 405 g/mol. The summed E-state index contributed by atoms with van der Waals surface area (Å²) in [6.07, 6.45) is 0.778. The predicted octanol–water partition coefficient (Wildman–Crippen LogP) is 4.67. The maximum Gasteiger partial charge on any atom is 0.268 e. The van der Waals surface area contributed by atoms with Gasteiger partial charge in [-0.3, -0.25) is 4.79 Å². The van der Waals surface area contributed by atoms with Gasteiger partial charge in [0.1, 0.15) is 12.0 Å². The number of aromatic nitrogens is 1. The first-order valence-corrected chi connectivity index (χ1v) is 10.5. The molecule has 0 amide bonds. The molecule has 4 aromatic rings. The van der Waals surface area contributed by atoms with Crippen molar-refractivity contribution in [2.24, 2.45) is 0 Å². The SMILES string of the molecule is COc1ccc2c(c1)cc(-c1cccc(C=O)c1C)n2S(=O)(=O)c1ccccc1. The molecule has 29 heavy (non-hydrogen) atoms. The second kappa shape index (κ2) is 7.22. The molecule has 0 fully saturated rings. The number of hydrogen-bond donors (Lipinski definition) is 0. The van der Waals surface area contributed by atoms with Gasteiger partial charge in [-0.2, -0.15) is 0 Å². The van der Waals surface area contributed by atoms with E-state index in [9.17, 15) is 13.2 Å². The number of aldehydes is 1. The molecule has 0 spiro atoms. The van der Waals surface area contributed by atoms with Crippen molar-refractivity contribution in [3.05, 3.63) is 83.9 Å². The summed E-state index contributed by atoms with van der Waals surface area (Å²) in [5.74, 6) is 0.636. The molecule has 5 nitrogen and oxygen atoms in total. The van der Waals surface area contributed by atoms with Crippen molar-refractivity contribution in [2.45, 2.75) is 11.8 Å². The van der Waals surface area contributed by atoms with Gasteiger partial charge in [-0.15, -0.1) is 0 Å². The summed E-state index contributed by atoms with van der Waals surface area (Å²) in [4.78, 5) is 11.6. The fourth-order valence-electron chi connectivity index (χ4n) is 3.50. The van der Waals surface area contributed by atoms with Crippen LogP contribution < -0.4 is 4.74 Å². The Bertz CT molecular complexity index is 1320. The largest absolute Gasteiger partial charge is 0.497 e. The van der Waals surface area contributed by atoms with Crippen LogP contribution in [0.25, 0.3) is 22.2 Å². The molecule has 1 heterocycles. The molecule has 0 unspecified atom stereocenters. The summed E-state index contributed by atoms with van der Waals surface area (Å²) in [5, 5.41) is 0.731. The molecule has 0 bridgehead atoms. The van der Waals surface area contributed by atoms with E-state index in [0.29, 0.717) is 28.1 Å². The number of methoxy groups -OCH3 is 1. The van der Waals surface area contributed by atoms with Gasteiger partial charge in [0, 0.05) is 16.5 Å². The highest BCUT2D eigenvalue weighted by Crippen LogP contribution is 2.35. The second-order valence-corrected chi connectivity index (χ2v) is 8.46. The van der Waals surface area contributed by atoms with E-state index >= 15 is 0 Å². The van der Waals surface area contributed by atoms with Crippen molar-refractivity contribution < 1.29 is 17.9 Å². The van der Waals surface area contributed by atoms with E-state index in [1.54, 1.807) is 67.8 Å². The van der Waals surface area contributed by atoms with E-state index < -0.39 is 10.0 Å². The van der Waals surface area contributed by atoms with Crippen molar-refractivity contribution >= 4 is 27.2 Å². The molecular formula is C23H19NO4S. The first-order chi connectivity index (χ1) is 14.0. The molecule has 0 saturated heterocycles. The summed E-state index contributed by atoms with van der Waals surface area (Å²) in [5.41, 5.74) is 2.97. The van der Waals surface area contributed by atoms with Gasteiger partial charge in [0.15, 0.2) is 0 Å². The quantitative estimate of drug-likeness (QED) is 0.453. The highest BCUT2D eigenvalue weighted by molar-refractivity contribution is 7.90. The number of carbonyl (C=O) groups excluding carboxylic acids is 1. The minimum Gasteiger partial charge on any atom is -0.497 e. The Morgan fingerprint density at radius 1 is 0.931 bits per heavy atom. The number of hydrogen-bond acceptors (Lipinski definition) is 4. The lowest BCUT2D eigenvalue weighted by atomic mass is 10.0. The zero-order valence-electron chi connectivity index (χ0n) is 16.0. The number of benzene rings is 3. The fraction of sp³-hybridized carbons (Fsp3) is 0.0870. The summed E-state index contributed by atoms with van der Waals surface area (Å²) in [6, 6.07) is 20.7. The molecular weight excluding hydrogens is 386 g/mol. The fourth-order valence-corrected chi connectivity index (χ4v) is 5.05. The molecule has 6 heteroatoms. The van der Waals surface area contributed by atoms with Gasteiger partial charge in [-0.1, -0.05) is 36.4 Å². The number of ether oxygens (including phenoxy) is 1. The molecule has 3 aromatic carbocycles. The summed E-state index contributed by atoms with van der Waals surface area (Å²) in [7, 11) is -2.30. The van der Waals surface area contributed by atoms with E-state index in [2.05, 4.69) is 0 Å². The lowest BCUT2D eigenvalue weighted by Crippen LogP contribution is -2.14. The van der Waals surface area contributed by atoms with Crippen molar-refractivity contribution in [2.75, 3.05) is 7.11 Å². The van der Waals surface area contributed by atoms with E-state index in [0.717, 1.165) is 17.2 Å². The lowest BCUT2D eigenvalue weighted by Gasteiger charge is -2.14. The van der Waals surface area contributed by atoms with Gasteiger partial charge in [-0.05, 0) is 48.9 Å². The van der Waals surface area contributed by atoms with Crippen LogP contribution in [0.2, 0.25) is 0 Å². The highest BCUT2D eigenvalue weighted by atomic mass is 32.2. The molecule has 0 saturated carbocycles. The summed E-state index contributed by atoms with van der Waals surface area (Å²) in [6.45, 7) is 1.82. The number of carbonyl (C=O) groups is 1. The average Bonchev–Trinajstić information content (AvgIpc) is 3.13. The molecule has 146 valence electrons. The number of fused-ring (bicyclic) bond motifs is 1. The summed E-state index contributed by atoms with van der Waals surface area (Å²) < 4.78 is 33.8. The van der Waals surface area contributed by atoms with E-state index in [4.69, 9.17) is 4.74 Å². The molecule has 1 aromatic heterocycles. The zero-order chi connectivity index (χ0) is 20.6. The molecule has 0 radical (unpaired) electrons. The second-order valence-electron chi connectivity index (χ2n) is 6.67. The topological polar surface area (TPSA) is 65.4 Å². The maximum atomic E-state index is 13.6. The lowest BCUT2D eigenvalue weighted by molar-refractivity contribution is 0.112. The molecule has 0 N–H and O–H groups in total. The van der Waals surface area contributed by atoms with Gasteiger partial charge < -0.3 is 4.74 Å². The Morgan fingerprint density at radius 3 is 2.38 bits per heavy atom. The summed E-state index contributed by atoms with van der Waals surface area (Å²) >= 11 is 0. The van der Waals surface area contributed by atoms with Crippen LogP contribution in [0.1, 0.15) is 15.9 Å². The molecule has 0 atom stereocenters. The van der Waals surface area contributed by atoms with Gasteiger partial charge in [-0.25, -0.2) is 12.4 Å². The van der Waals surface area contributed by atoms with Gasteiger partial charge >= 0.3 is 0 Å². The normalized spacial score (nSPS) is 11.5.